The second-order valence-corrected chi connectivity index (χ2v) is 6.28. The Bertz CT molecular complexity index is 761. The molecule has 26 heavy (non-hydrogen) atoms. The fraction of sp³-hybridized carbons (Fsp3) is 0.421. The van der Waals surface area contributed by atoms with E-state index in [0.717, 1.165) is 24.0 Å². The fourth-order valence-corrected chi connectivity index (χ4v) is 3.31. The second kappa shape index (κ2) is 8.96. The quantitative estimate of drug-likeness (QED) is 0.422. The molecule has 0 aliphatic carbocycles. The Morgan fingerprint density at radius 2 is 1.92 bits per heavy atom. The molecule has 0 radical (unpaired) electrons. The lowest BCUT2D eigenvalue weighted by Crippen LogP contribution is -3.00. The number of hydrogen-bond donors (Lipinski definition) is 0. The van der Waals surface area contributed by atoms with Crippen molar-refractivity contribution >= 4 is 5.69 Å². The predicted molar refractivity (Wildman–Crippen MR) is 92.4 cm³/mol. The van der Waals surface area contributed by atoms with Crippen LogP contribution in [-0.2, 0) is 17.9 Å². The van der Waals surface area contributed by atoms with E-state index < -0.39 is 0 Å². The van der Waals surface area contributed by atoms with Gasteiger partial charge in [-0.3, -0.25) is 10.1 Å². The minimum atomic E-state index is -0.376. The van der Waals surface area contributed by atoms with Crippen LogP contribution in [0.1, 0.15) is 49.3 Å². The largest absolute Gasteiger partial charge is 1.00 e. The number of fused-ring (bicyclic) bond motifs is 1. The molecule has 1 aromatic heterocycles. The summed E-state index contributed by atoms with van der Waals surface area (Å²) in [5.41, 5.74) is 2.92. The van der Waals surface area contributed by atoms with Crippen LogP contribution in [-0.4, -0.2) is 11.7 Å². The Hall–Kier alpha value is -2.18. The van der Waals surface area contributed by atoms with Gasteiger partial charge in [-0.05, 0) is 24.3 Å². The number of halogens is 1. The predicted octanol–water partition coefficient (Wildman–Crippen LogP) is 0.705. The number of non-ortho nitro benzene ring substituents is 1. The highest BCUT2D eigenvalue weighted by Gasteiger charge is 2.23. The number of aromatic nitrogens is 1. The maximum Gasteiger partial charge on any atom is 0.270 e. The van der Waals surface area contributed by atoms with Gasteiger partial charge in [0.2, 0.25) is 0 Å². The number of nitro benzene ring substituents is 1. The standard InChI is InChI=1S/C19H23N2O4.ClH/c1-3-14(4-2)15-5-7-20(8-6-15)11-16-9-18(21(22)23)10-17-12-24-13-25-19(16)17;/h5-10,14H,3-4,11-13H2,1-2H3;1H/q+1;/p-1. The Kier molecular flexibility index (Phi) is 6.94. The zero-order chi connectivity index (χ0) is 17.8. The average Bonchev–Trinajstić information content (AvgIpc) is 2.64. The summed E-state index contributed by atoms with van der Waals surface area (Å²) in [4.78, 5) is 10.8. The van der Waals surface area contributed by atoms with E-state index in [0.29, 0.717) is 24.8 Å². The van der Waals surface area contributed by atoms with Crippen LogP contribution >= 0.6 is 0 Å². The van der Waals surface area contributed by atoms with E-state index in [4.69, 9.17) is 9.47 Å². The third kappa shape index (κ3) is 4.31. The number of hydrogen-bond acceptors (Lipinski definition) is 4. The summed E-state index contributed by atoms with van der Waals surface area (Å²) >= 11 is 0. The van der Waals surface area contributed by atoms with Gasteiger partial charge in [0.25, 0.3) is 5.69 Å². The van der Waals surface area contributed by atoms with Gasteiger partial charge in [0.05, 0.1) is 17.1 Å². The van der Waals surface area contributed by atoms with Crippen LogP contribution in [0.2, 0.25) is 0 Å². The van der Waals surface area contributed by atoms with E-state index in [-0.39, 0.29) is 29.8 Å². The summed E-state index contributed by atoms with van der Waals surface area (Å²) in [6.07, 6.45) is 6.29. The van der Waals surface area contributed by atoms with Gasteiger partial charge in [-0.25, -0.2) is 4.57 Å². The first-order valence-corrected chi connectivity index (χ1v) is 8.62. The first-order valence-electron chi connectivity index (χ1n) is 8.62. The summed E-state index contributed by atoms with van der Waals surface area (Å²) < 4.78 is 12.9. The molecule has 1 aliphatic heterocycles. The molecule has 0 fully saturated rings. The highest BCUT2D eigenvalue weighted by atomic mass is 35.5. The van der Waals surface area contributed by atoms with Crippen LogP contribution in [0.15, 0.2) is 36.7 Å². The monoisotopic (exact) mass is 378 g/mol. The maximum atomic E-state index is 11.2. The highest BCUT2D eigenvalue weighted by Crippen LogP contribution is 2.32. The molecule has 1 aromatic carbocycles. The van der Waals surface area contributed by atoms with E-state index in [1.807, 2.05) is 17.0 Å². The van der Waals surface area contributed by atoms with Crippen molar-refractivity contribution in [3.8, 4) is 5.75 Å². The Balaban J connectivity index is 0.00000243. The molecule has 0 saturated heterocycles. The summed E-state index contributed by atoms with van der Waals surface area (Å²) in [5, 5.41) is 11.2. The Morgan fingerprint density at radius 3 is 2.54 bits per heavy atom. The van der Waals surface area contributed by atoms with Gasteiger partial charge < -0.3 is 21.9 Å². The molecule has 0 N–H and O–H groups in total. The van der Waals surface area contributed by atoms with Crippen molar-refractivity contribution in [2.75, 3.05) is 6.79 Å². The number of nitrogens with zero attached hydrogens (tertiary/aromatic N) is 2. The molecule has 2 aromatic rings. The lowest BCUT2D eigenvalue weighted by atomic mass is 9.95. The van der Waals surface area contributed by atoms with Gasteiger partial charge in [0.15, 0.2) is 25.7 Å². The van der Waals surface area contributed by atoms with Gasteiger partial charge in [0, 0.05) is 29.8 Å². The van der Waals surface area contributed by atoms with Gasteiger partial charge in [-0.15, -0.1) is 0 Å². The second-order valence-electron chi connectivity index (χ2n) is 6.28. The van der Waals surface area contributed by atoms with Gasteiger partial charge >= 0.3 is 0 Å². The third-order valence-electron chi connectivity index (χ3n) is 4.71. The highest BCUT2D eigenvalue weighted by molar-refractivity contribution is 5.50. The van der Waals surface area contributed by atoms with Crippen molar-refractivity contribution in [1.29, 1.82) is 0 Å². The van der Waals surface area contributed by atoms with Gasteiger partial charge in [-0.1, -0.05) is 13.8 Å². The molecule has 0 amide bonds. The van der Waals surface area contributed by atoms with E-state index in [1.54, 1.807) is 6.07 Å². The number of benzene rings is 1. The topological polar surface area (TPSA) is 65.5 Å². The lowest BCUT2D eigenvalue weighted by Gasteiger charge is -2.19. The molecule has 0 atom stereocenters. The average molecular weight is 379 g/mol. The van der Waals surface area contributed by atoms with Crippen LogP contribution in [0.5, 0.6) is 5.75 Å². The fourth-order valence-electron chi connectivity index (χ4n) is 3.31. The normalized spacial score (nSPS) is 12.9. The molecule has 0 bridgehead atoms. The number of rotatable bonds is 6. The van der Waals surface area contributed by atoms with Crippen molar-refractivity contribution in [2.24, 2.45) is 0 Å². The zero-order valence-electron chi connectivity index (χ0n) is 15.0. The SMILES string of the molecule is CCC(CC)c1cc[n+](Cc2cc([N+](=O)[O-])cc3c2OCOC3)cc1.[Cl-]. The number of nitro groups is 1. The molecular formula is C19H23ClN2O4. The van der Waals surface area contributed by atoms with E-state index in [9.17, 15) is 10.1 Å². The summed E-state index contributed by atoms with van der Waals surface area (Å²) in [5.74, 6) is 1.27. The maximum absolute atomic E-state index is 11.2. The van der Waals surface area contributed by atoms with Crippen molar-refractivity contribution < 1.29 is 31.4 Å². The van der Waals surface area contributed by atoms with Crippen LogP contribution in [0.3, 0.4) is 0 Å². The Labute approximate surface area is 159 Å². The summed E-state index contributed by atoms with van der Waals surface area (Å²) in [6.45, 7) is 5.43. The van der Waals surface area contributed by atoms with Gasteiger partial charge in [0.1, 0.15) is 5.75 Å². The van der Waals surface area contributed by atoms with Crippen LogP contribution in [0.4, 0.5) is 5.69 Å². The first kappa shape index (κ1) is 20.1. The smallest absolute Gasteiger partial charge is 0.270 e. The molecule has 0 saturated carbocycles. The molecule has 0 spiro atoms. The molecule has 7 heteroatoms. The number of pyridine rings is 1. The van der Waals surface area contributed by atoms with Crippen molar-refractivity contribution in [1.82, 2.24) is 0 Å². The van der Waals surface area contributed by atoms with Crippen LogP contribution in [0.25, 0.3) is 0 Å². The zero-order valence-corrected chi connectivity index (χ0v) is 15.7. The molecular weight excluding hydrogens is 356 g/mol. The molecule has 2 heterocycles. The van der Waals surface area contributed by atoms with E-state index in [2.05, 4.69) is 26.0 Å². The van der Waals surface area contributed by atoms with Crippen molar-refractivity contribution in [2.45, 2.75) is 45.8 Å². The first-order chi connectivity index (χ1) is 12.1. The molecule has 0 unspecified atom stereocenters. The van der Waals surface area contributed by atoms with Gasteiger partial charge in [-0.2, -0.15) is 0 Å². The molecule has 1 aliphatic rings. The number of ether oxygens (including phenoxy) is 2. The molecule has 140 valence electrons. The van der Waals surface area contributed by atoms with Crippen LogP contribution < -0.4 is 21.7 Å². The Morgan fingerprint density at radius 1 is 1.23 bits per heavy atom. The third-order valence-corrected chi connectivity index (χ3v) is 4.71. The summed E-state index contributed by atoms with van der Waals surface area (Å²) in [7, 11) is 0. The minimum Gasteiger partial charge on any atom is -1.00 e. The molecule has 6 nitrogen and oxygen atoms in total. The minimum absolute atomic E-state index is 0. The lowest BCUT2D eigenvalue weighted by molar-refractivity contribution is -0.688. The van der Waals surface area contributed by atoms with Crippen LogP contribution in [0, 0.1) is 10.1 Å². The van der Waals surface area contributed by atoms with E-state index >= 15 is 0 Å². The summed E-state index contributed by atoms with van der Waals surface area (Å²) in [6, 6.07) is 7.38. The van der Waals surface area contributed by atoms with Crippen molar-refractivity contribution in [3.05, 3.63) is 63.5 Å². The van der Waals surface area contributed by atoms with E-state index in [1.165, 1.54) is 11.6 Å². The van der Waals surface area contributed by atoms with Crippen molar-refractivity contribution in [3.63, 3.8) is 0 Å². The molecule has 3 rings (SSSR count).